The van der Waals surface area contributed by atoms with E-state index in [1.165, 1.54) is 0 Å². The van der Waals surface area contributed by atoms with Crippen LogP contribution in [0.5, 0.6) is 0 Å². The summed E-state index contributed by atoms with van der Waals surface area (Å²) in [5.74, 6) is -0.690. The van der Waals surface area contributed by atoms with Crippen molar-refractivity contribution in [1.82, 2.24) is 0 Å². The number of carbonyl (C=O) groups excluding carboxylic acids is 1. The van der Waals surface area contributed by atoms with Crippen LogP contribution < -0.4 is 29.6 Å². The molecule has 0 bridgehead atoms. The first-order valence-corrected chi connectivity index (χ1v) is 1.87. The second-order valence-corrected chi connectivity index (χ2v) is 0.929. The molecule has 0 aromatic heterocycles. The number of carbonyl (C=O) groups is 1. The Morgan fingerprint density at radius 2 is 1.50 bits per heavy atom. The third-order valence-corrected chi connectivity index (χ3v) is 0.129. The van der Waals surface area contributed by atoms with Gasteiger partial charge in [0.2, 0.25) is 0 Å². The van der Waals surface area contributed by atoms with E-state index in [0.29, 0.717) is 0 Å². The molecule has 0 aliphatic rings. The van der Waals surface area contributed by atoms with Gasteiger partial charge in [0.15, 0.2) is 0 Å². The molecule has 10 heavy (non-hydrogen) atoms. The minimum Gasteiger partial charge on any atom is -0.402 e. The molecule has 0 unspecified atom stereocenters. The fourth-order valence-corrected chi connectivity index (χ4v) is 0. The van der Waals surface area contributed by atoms with Gasteiger partial charge in [-0.15, -0.1) is 0 Å². The van der Waals surface area contributed by atoms with E-state index in [4.69, 9.17) is 20.3 Å². The van der Waals surface area contributed by atoms with E-state index in [9.17, 15) is 4.79 Å². The molecular weight excluding hydrogens is 154 g/mol. The van der Waals surface area contributed by atoms with Crippen molar-refractivity contribution in [3.63, 3.8) is 0 Å². The summed E-state index contributed by atoms with van der Waals surface area (Å²) in [5.41, 5.74) is 0. The Labute approximate surface area is 79.8 Å². The summed E-state index contributed by atoms with van der Waals surface area (Å²) >= 11 is 0. The minimum atomic E-state index is -2.17. The van der Waals surface area contributed by atoms with Gasteiger partial charge in [0, 0.05) is 6.92 Å². The van der Waals surface area contributed by atoms with E-state index in [0.717, 1.165) is 6.92 Å². The van der Waals surface area contributed by atoms with Gasteiger partial charge in [-0.05, 0) is 0 Å². The Balaban J connectivity index is -0.0000000910. The Hall–Kier alpha value is 0.375. The molecule has 54 valence electrons. The van der Waals surface area contributed by atoms with Crippen molar-refractivity contribution in [3.05, 3.63) is 0 Å². The van der Waals surface area contributed by atoms with Crippen molar-refractivity contribution < 1.29 is 59.6 Å². The molecular formula is C2H7BNaO6+. The first kappa shape index (κ1) is 16.8. The van der Waals surface area contributed by atoms with E-state index in [-0.39, 0.29) is 29.6 Å². The fraction of sp³-hybridized carbons (Fsp3) is 0.500. The van der Waals surface area contributed by atoms with Crippen molar-refractivity contribution >= 4 is 13.3 Å². The zero-order chi connectivity index (χ0) is 7.86. The van der Waals surface area contributed by atoms with E-state index >= 15 is 0 Å². The van der Waals surface area contributed by atoms with Gasteiger partial charge >= 0.3 is 42.8 Å². The molecule has 0 heterocycles. The van der Waals surface area contributed by atoms with Crippen LogP contribution in [0.25, 0.3) is 0 Å². The van der Waals surface area contributed by atoms with Gasteiger partial charge in [-0.3, -0.25) is 0 Å². The van der Waals surface area contributed by atoms with Gasteiger partial charge in [-0.2, -0.15) is 5.26 Å². The first-order chi connectivity index (χ1) is 4.00. The topological polar surface area (TPSA) is 107 Å². The van der Waals surface area contributed by atoms with Gasteiger partial charge in [0.25, 0.3) is 0 Å². The van der Waals surface area contributed by atoms with Crippen molar-refractivity contribution in [2.45, 2.75) is 6.92 Å². The van der Waals surface area contributed by atoms with E-state index in [1.807, 2.05) is 0 Å². The second kappa shape index (κ2) is 12.1. The summed E-state index contributed by atoms with van der Waals surface area (Å²) in [7, 11) is -2.17. The molecule has 0 atom stereocenters. The normalized spacial score (nSPS) is 6.10. The van der Waals surface area contributed by atoms with E-state index in [2.05, 4.69) is 4.89 Å². The molecule has 0 spiro atoms. The molecule has 0 rings (SSSR count). The number of rotatable bonds is 0. The molecule has 0 saturated carbocycles. The van der Waals surface area contributed by atoms with Crippen LogP contribution in [-0.4, -0.2) is 33.6 Å². The average Bonchev–Trinajstić information content (AvgIpc) is 1.65. The third kappa shape index (κ3) is 80.8. The Bertz CT molecular complexity index is 73.4. The van der Waals surface area contributed by atoms with Crippen LogP contribution >= 0.6 is 0 Å². The van der Waals surface area contributed by atoms with Crippen LogP contribution in [0.2, 0.25) is 0 Å². The number of hydrogen-bond acceptors (Lipinski definition) is 6. The molecule has 8 heteroatoms. The SMILES string of the molecule is CC(=O)OO.OB(O)O.[Na+]. The second-order valence-electron chi connectivity index (χ2n) is 0.929. The summed E-state index contributed by atoms with van der Waals surface area (Å²) in [5, 5.41) is 28.8. The fourth-order valence-electron chi connectivity index (χ4n) is 0. The Kier molecular flexibility index (Phi) is 20.3. The summed E-state index contributed by atoms with van der Waals surface area (Å²) in [6.45, 7) is 1.11. The molecule has 0 aliphatic carbocycles. The van der Waals surface area contributed by atoms with Crippen LogP contribution in [0.4, 0.5) is 0 Å². The molecule has 0 fully saturated rings. The molecule has 4 N–H and O–H groups in total. The smallest absolute Gasteiger partial charge is 0.402 e. The summed E-state index contributed by atoms with van der Waals surface area (Å²) in [4.78, 5) is 12.5. The van der Waals surface area contributed by atoms with Crippen LogP contribution in [-0.2, 0) is 9.68 Å². The van der Waals surface area contributed by atoms with Crippen molar-refractivity contribution in [1.29, 1.82) is 0 Å². The van der Waals surface area contributed by atoms with E-state index in [1.54, 1.807) is 0 Å². The predicted molar refractivity (Wildman–Crippen MR) is 26.8 cm³/mol. The van der Waals surface area contributed by atoms with Crippen LogP contribution in [0.1, 0.15) is 6.92 Å². The quantitative estimate of drug-likeness (QED) is 0.161. The van der Waals surface area contributed by atoms with Gasteiger partial charge in [-0.25, -0.2) is 4.79 Å². The largest absolute Gasteiger partial charge is 1.00 e. The monoisotopic (exact) mass is 161 g/mol. The van der Waals surface area contributed by atoms with Crippen molar-refractivity contribution in [3.8, 4) is 0 Å². The van der Waals surface area contributed by atoms with Gasteiger partial charge < -0.3 is 20.0 Å². The van der Waals surface area contributed by atoms with Gasteiger partial charge in [-0.1, -0.05) is 0 Å². The zero-order valence-electron chi connectivity index (χ0n) is 5.68. The standard InChI is InChI=1S/C2H4O3.BH3O3.Na/c1-2(3)5-4;2-1(3)4;/h4H,1H3;2-4H;/q;;+1. The third-order valence-electron chi connectivity index (χ3n) is 0.129. The first-order valence-electron chi connectivity index (χ1n) is 1.87. The molecule has 6 nitrogen and oxygen atoms in total. The van der Waals surface area contributed by atoms with Gasteiger partial charge in [0.1, 0.15) is 0 Å². The zero-order valence-corrected chi connectivity index (χ0v) is 7.68. The molecule has 0 aliphatic heterocycles. The summed E-state index contributed by atoms with van der Waals surface area (Å²) in [6, 6.07) is 0. The van der Waals surface area contributed by atoms with Crippen LogP contribution in [0.15, 0.2) is 0 Å². The van der Waals surface area contributed by atoms with Crippen molar-refractivity contribution in [2.75, 3.05) is 0 Å². The van der Waals surface area contributed by atoms with Crippen LogP contribution in [0.3, 0.4) is 0 Å². The minimum absolute atomic E-state index is 0. The summed E-state index contributed by atoms with van der Waals surface area (Å²) in [6.07, 6.45) is 0. The molecule has 0 amide bonds. The molecule has 0 aromatic rings. The Morgan fingerprint density at radius 1 is 1.40 bits per heavy atom. The maximum absolute atomic E-state index is 9.34. The van der Waals surface area contributed by atoms with Gasteiger partial charge in [0.05, 0.1) is 0 Å². The predicted octanol–water partition coefficient (Wildman–Crippen LogP) is -5.03. The summed E-state index contributed by atoms with van der Waals surface area (Å²) < 4.78 is 0. The Morgan fingerprint density at radius 3 is 1.50 bits per heavy atom. The number of hydrogen-bond donors (Lipinski definition) is 4. The van der Waals surface area contributed by atoms with E-state index < -0.39 is 13.3 Å². The van der Waals surface area contributed by atoms with Crippen LogP contribution in [0, 0.1) is 0 Å². The average molecular weight is 161 g/mol. The van der Waals surface area contributed by atoms with Crippen molar-refractivity contribution in [2.24, 2.45) is 0 Å². The maximum atomic E-state index is 9.34. The maximum Gasteiger partial charge on any atom is 1.00 e. The molecule has 0 aromatic carbocycles. The molecule has 0 saturated heterocycles. The molecule has 0 radical (unpaired) electrons.